The average Bonchev–Trinajstić information content (AvgIpc) is 2.91. The van der Waals surface area contributed by atoms with Crippen LogP contribution in [-0.4, -0.2) is 4.57 Å². The fourth-order valence-electron chi connectivity index (χ4n) is 2.77. The third kappa shape index (κ3) is 2.56. The van der Waals surface area contributed by atoms with E-state index < -0.39 is 0 Å². The minimum atomic E-state index is 0.695. The van der Waals surface area contributed by atoms with E-state index in [2.05, 4.69) is 60.3 Å². The molecule has 1 heterocycles. The molecule has 0 aliphatic heterocycles. The van der Waals surface area contributed by atoms with Gasteiger partial charge in [0.2, 0.25) is 0 Å². The molecule has 0 amide bonds. The van der Waals surface area contributed by atoms with Crippen molar-refractivity contribution in [3.63, 3.8) is 0 Å². The molecule has 2 aromatic carbocycles. The SMILES string of the molecule is CCn1cc(NCc2ccccc2C)c2cc(C#N)ccc21. The zero-order valence-corrected chi connectivity index (χ0v) is 12.9. The summed E-state index contributed by atoms with van der Waals surface area (Å²) in [6.45, 7) is 5.95. The molecule has 3 aromatic rings. The van der Waals surface area contributed by atoms with Crippen LogP contribution in [0, 0.1) is 18.3 Å². The Bertz CT molecular complexity index is 853. The van der Waals surface area contributed by atoms with Gasteiger partial charge in [-0.15, -0.1) is 0 Å². The van der Waals surface area contributed by atoms with Crippen LogP contribution in [0.25, 0.3) is 10.9 Å². The molecule has 110 valence electrons. The normalized spacial score (nSPS) is 10.6. The fourth-order valence-corrected chi connectivity index (χ4v) is 2.77. The number of aromatic nitrogens is 1. The van der Waals surface area contributed by atoms with E-state index in [9.17, 15) is 0 Å². The maximum Gasteiger partial charge on any atom is 0.0991 e. The van der Waals surface area contributed by atoms with Gasteiger partial charge in [-0.2, -0.15) is 5.26 Å². The van der Waals surface area contributed by atoms with Crippen molar-refractivity contribution < 1.29 is 0 Å². The highest BCUT2D eigenvalue weighted by Gasteiger charge is 2.09. The van der Waals surface area contributed by atoms with E-state index in [1.807, 2.05) is 18.2 Å². The quantitative estimate of drug-likeness (QED) is 0.770. The van der Waals surface area contributed by atoms with E-state index in [-0.39, 0.29) is 0 Å². The molecule has 0 aliphatic carbocycles. The van der Waals surface area contributed by atoms with Crippen molar-refractivity contribution in [2.45, 2.75) is 26.9 Å². The van der Waals surface area contributed by atoms with Gasteiger partial charge in [-0.1, -0.05) is 24.3 Å². The Labute approximate surface area is 130 Å². The summed E-state index contributed by atoms with van der Waals surface area (Å²) in [5.41, 5.74) is 5.51. The van der Waals surface area contributed by atoms with Gasteiger partial charge in [-0.25, -0.2) is 0 Å². The Hall–Kier alpha value is -2.73. The number of anilines is 1. The maximum absolute atomic E-state index is 9.12. The Morgan fingerprint density at radius 1 is 1.18 bits per heavy atom. The second-order valence-corrected chi connectivity index (χ2v) is 5.45. The molecule has 3 heteroatoms. The van der Waals surface area contributed by atoms with Crippen LogP contribution >= 0.6 is 0 Å². The number of aryl methyl sites for hydroxylation is 2. The summed E-state index contributed by atoms with van der Waals surface area (Å²) < 4.78 is 2.21. The number of hydrogen-bond acceptors (Lipinski definition) is 2. The van der Waals surface area contributed by atoms with E-state index in [0.717, 1.165) is 29.7 Å². The van der Waals surface area contributed by atoms with Gasteiger partial charge in [0.05, 0.1) is 22.8 Å². The number of nitrogens with zero attached hydrogens (tertiary/aromatic N) is 2. The molecule has 0 aliphatic rings. The van der Waals surface area contributed by atoms with E-state index in [0.29, 0.717) is 5.56 Å². The summed E-state index contributed by atoms with van der Waals surface area (Å²) in [4.78, 5) is 0. The molecule has 0 fully saturated rings. The predicted molar refractivity (Wildman–Crippen MR) is 90.8 cm³/mol. The minimum Gasteiger partial charge on any atom is -0.379 e. The zero-order valence-electron chi connectivity index (χ0n) is 12.9. The molecule has 3 rings (SSSR count). The van der Waals surface area contributed by atoms with Crippen molar-refractivity contribution in [1.29, 1.82) is 5.26 Å². The van der Waals surface area contributed by atoms with Crippen LogP contribution in [0.5, 0.6) is 0 Å². The molecular weight excluding hydrogens is 270 g/mol. The molecule has 0 atom stereocenters. The van der Waals surface area contributed by atoms with Gasteiger partial charge in [0.1, 0.15) is 0 Å². The second-order valence-electron chi connectivity index (χ2n) is 5.45. The number of hydrogen-bond donors (Lipinski definition) is 1. The minimum absolute atomic E-state index is 0.695. The van der Waals surface area contributed by atoms with Gasteiger partial charge in [0, 0.05) is 24.7 Å². The van der Waals surface area contributed by atoms with Gasteiger partial charge < -0.3 is 9.88 Å². The first-order valence-electron chi connectivity index (χ1n) is 7.54. The average molecular weight is 289 g/mol. The second kappa shape index (κ2) is 5.95. The molecule has 0 saturated carbocycles. The Morgan fingerprint density at radius 2 is 2.00 bits per heavy atom. The molecule has 0 bridgehead atoms. The molecule has 1 N–H and O–H groups in total. The van der Waals surface area contributed by atoms with Crippen molar-refractivity contribution in [3.05, 3.63) is 65.4 Å². The van der Waals surface area contributed by atoms with Gasteiger partial charge in [0.25, 0.3) is 0 Å². The third-order valence-electron chi connectivity index (χ3n) is 4.08. The fraction of sp³-hybridized carbons (Fsp3) is 0.211. The lowest BCUT2D eigenvalue weighted by Crippen LogP contribution is -2.00. The summed E-state index contributed by atoms with van der Waals surface area (Å²) in [6, 6.07) is 16.5. The van der Waals surface area contributed by atoms with Crippen LogP contribution in [0.15, 0.2) is 48.7 Å². The molecule has 22 heavy (non-hydrogen) atoms. The Morgan fingerprint density at radius 3 is 2.73 bits per heavy atom. The van der Waals surface area contributed by atoms with Gasteiger partial charge in [-0.05, 0) is 43.2 Å². The monoisotopic (exact) mass is 289 g/mol. The van der Waals surface area contributed by atoms with Crippen molar-refractivity contribution in [1.82, 2.24) is 4.57 Å². The largest absolute Gasteiger partial charge is 0.379 e. The Balaban J connectivity index is 1.96. The molecule has 0 radical (unpaired) electrons. The first kappa shape index (κ1) is 14.2. The zero-order chi connectivity index (χ0) is 15.5. The lowest BCUT2D eigenvalue weighted by Gasteiger charge is -2.08. The molecule has 0 spiro atoms. The highest BCUT2D eigenvalue weighted by molar-refractivity contribution is 5.94. The molecule has 0 unspecified atom stereocenters. The highest BCUT2D eigenvalue weighted by Crippen LogP contribution is 2.27. The van der Waals surface area contributed by atoms with Crippen LogP contribution in [0.1, 0.15) is 23.6 Å². The first-order chi connectivity index (χ1) is 10.7. The van der Waals surface area contributed by atoms with Crippen molar-refractivity contribution in [2.24, 2.45) is 0 Å². The van der Waals surface area contributed by atoms with Gasteiger partial charge >= 0.3 is 0 Å². The molecule has 0 saturated heterocycles. The molecular formula is C19H19N3. The van der Waals surface area contributed by atoms with E-state index in [1.54, 1.807) is 0 Å². The van der Waals surface area contributed by atoms with E-state index in [1.165, 1.54) is 11.1 Å². The standard InChI is InChI=1S/C19H19N3/c1-3-22-13-18(17-10-15(11-20)8-9-19(17)22)21-12-16-7-5-4-6-14(16)2/h4-10,13,21H,3,12H2,1-2H3. The smallest absolute Gasteiger partial charge is 0.0991 e. The van der Waals surface area contributed by atoms with Crippen LogP contribution < -0.4 is 5.32 Å². The maximum atomic E-state index is 9.12. The number of nitrogens with one attached hydrogen (secondary N) is 1. The number of rotatable bonds is 4. The van der Waals surface area contributed by atoms with Crippen LogP contribution in [0.4, 0.5) is 5.69 Å². The van der Waals surface area contributed by atoms with Gasteiger partial charge in [0.15, 0.2) is 0 Å². The lowest BCUT2D eigenvalue weighted by molar-refractivity contribution is 0.797. The summed E-state index contributed by atoms with van der Waals surface area (Å²) in [5.74, 6) is 0. The summed E-state index contributed by atoms with van der Waals surface area (Å²) >= 11 is 0. The summed E-state index contributed by atoms with van der Waals surface area (Å²) in [5, 5.41) is 13.7. The van der Waals surface area contributed by atoms with Gasteiger partial charge in [-0.3, -0.25) is 0 Å². The topological polar surface area (TPSA) is 40.8 Å². The van der Waals surface area contributed by atoms with Crippen LogP contribution in [-0.2, 0) is 13.1 Å². The van der Waals surface area contributed by atoms with E-state index in [4.69, 9.17) is 5.26 Å². The number of benzene rings is 2. The number of nitriles is 1. The van der Waals surface area contributed by atoms with Crippen molar-refractivity contribution >= 4 is 16.6 Å². The Kier molecular flexibility index (Phi) is 3.84. The summed E-state index contributed by atoms with van der Waals surface area (Å²) in [6.07, 6.45) is 2.13. The van der Waals surface area contributed by atoms with Crippen molar-refractivity contribution in [3.8, 4) is 6.07 Å². The van der Waals surface area contributed by atoms with Crippen molar-refractivity contribution in [2.75, 3.05) is 5.32 Å². The molecule has 3 nitrogen and oxygen atoms in total. The first-order valence-corrected chi connectivity index (χ1v) is 7.54. The van der Waals surface area contributed by atoms with Crippen LogP contribution in [0.2, 0.25) is 0 Å². The molecule has 1 aromatic heterocycles. The van der Waals surface area contributed by atoms with E-state index >= 15 is 0 Å². The predicted octanol–water partition coefficient (Wildman–Crippen LogP) is 4.45. The highest BCUT2D eigenvalue weighted by atomic mass is 15.0. The third-order valence-corrected chi connectivity index (χ3v) is 4.08. The lowest BCUT2D eigenvalue weighted by atomic mass is 10.1. The van der Waals surface area contributed by atoms with Crippen LogP contribution in [0.3, 0.4) is 0 Å². The number of fused-ring (bicyclic) bond motifs is 1. The summed E-state index contributed by atoms with van der Waals surface area (Å²) in [7, 11) is 0.